The van der Waals surface area contributed by atoms with Gasteiger partial charge in [-0.3, -0.25) is 4.79 Å². The summed E-state index contributed by atoms with van der Waals surface area (Å²) in [4.78, 5) is 12.2. The summed E-state index contributed by atoms with van der Waals surface area (Å²) in [6, 6.07) is 9.41. The molecular formula is C12H13N3O2S. The Morgan fingerprint density at radius 2 is 2.17 bits per heavy atom. The molecule has 94 valence electrons. The van der Waals surface area contributed by atoms with Crippen molar-refractivity contribution in [3.63, 3.8) is 0 Å². The smallest absolute Gasteiger partial charge is 0.264 e. The first-order valence-electron chi connectivity index (χ1n) is 5.52. The van der Waals surface area contributed by atoms with E-state index < -0.39 is 0 Å². The van der Waals surface area contributed by atoms with Crippen LogP contribution in [0, 0.1) is 0 Å². The molecular weight excluding hydrogens is 250 g/mol. The van der Waals surface area contributed by atoms with Crippen LogP contribution in [0.3, 0.4) is 0 Å². The Hall–Kier alpha value is -1.79. The molecule has 2 rings (SSSR count). The number of nitrogens with zero attached hydrogens (tertiary/aromatic N) is 2. The van der Waals surface area contributed by atoms with Crippen molar-refractivity contribution in [2.24, 2.45) is 0 Å². The van der Waals surface area contributed by atoms with Gasteiger partial charge in [-0.05, 0) is 23.5 Å². The van der Waals surface area contributed by atoms with Gasteiger partial charge in [0.05, 0.1) is 18.8 Å². The van der Waals surface area contributed by atoms with Gasteiger partial charge >= 0.3 is 0 Å². The molecule has 0 bridgehead atoms. The van der Waals surface area contributed by atoms with E-state index in [4.69, 9.17) is 0 Å². The summed E-state index contributed by atoms with van der Waals surface area (Å²) < 4.78 is 3.63. The molecule has 2 N–H and O–H groups in total. The van der Waals surface area contributed by atoms with Crippen LogP contribution < -0.4 is 5.32 Å². The third-order valence-electron chi connectivity index (χ3n) is 2.47. The van der Waals surface area contributed by atoms with E-state index in [-0.39, 0.29) is 18.6 Å². The van der Waals surface area contributed by atoms with Crippen LogP contribution in [0.4, 0.5) is 0 Å². The highest BCUT2D eigenvalue weighted by molar-refractivity contribution is 7.07. The molecule has 1 aromatic carbocycles. The van der Waals surface area contributed by atoms with Crippen molar-refractivity contribution in [1.29, 1.82) is 0 Å². The lowest BCUT2D eigenvalue weighted by Crippen LogP contribution is -2.38. The third kappa shape index (κ3) is 3.35. The van der Waals surface area contributed by atoms with Crippen LogP contribution in [0.2, 0.25) is 0 Å². The average molecular weight is 263 g/mol. The normalized spacial score (nSPS) is 12.1. The predicted octanol–water partition coefficient (Wildman–Crippen LogP) is 0.871. The Kier molecular flexibility index (Phi) is 4.38. The van der Waals surface area contributed by atoms with Gasteiger partial charge in [-0.15, -0.1) is 5.10 Å². The molecule has 0 saturated carbocycles. The van der Waals surface area contributed by atoms with Gasteiger partial charge in [0.1, 0.15) is 4.88 Å². The largest absolute Gasteiger partial charge is 0.394 e. The molecule has 0 aliphatic rings. The first-order chi connectivity index (χ1) is 8.79. The van der Waals surface area contributed by atoms with Gasteiger partial charge in [0.2, 0.25) is 0 Å². The van der Waals surface area contributed by atoms with Crippen molar-refractivity contribution >= 4 is 17.4 Å². The zero-order valence-electron chi connectivity index (χ0n) is 9.61. The maximum atomic E-state index is 11.8. The van der Waals surface area contributed by atoms with Crippen molar-refractivity contribution < 1.29 is 9.90 Å². The molecule has 1 aromatic heterocycles. The Labute approximate surface area is 109 Å². The van der Waals surface area contributed by atoms with Gasteiger partial charge in [-0.25, -0.2) is 0 Å². The summed E-state index contributed by atoms with van der Waals surface area (Å²) in [5, 5.41) is 15.7. The molecule has 1 unspecified atom stereocenters. The van der Waals surface area contributed by atoms with Crippen LogP contribution >= 0.6 is 11.5 Å². The van der Waals surface area contributed by atoms with E-state index in [2.05, 4.69) is 14.9 Å². The van der Waals surface area contributed by atoms with E-state index in [0.717, 1.165) is 17.1 Å². The fourth-order valence-electron chi connectivity index (χ4n) is 1.58. The Bertz CT molecular complexity index is 487. The number of nitrogens with one attached hydrogen (secondary N) is 1. The van der Waals surface area contributed by atoms with Gasteiger partial charge < -0.3 is 10.4 Å². The minimum atomic E-state index is -0.304. The van der Waals surface area contributed by atoms with Crippen LogP contribution in [-0.2, 0) is 6.42 Å². The predicted molar refractivity (Wildman–Crippen MR) is 68.4 cm³/mol. The Morgan fingerprint density at radius 3 is 2.78 bits per heavy atom. The quantitative estimate of drug-likeness (QED) is 0.839. The molecule has 6 heteroatoms. The molecule has 2 aromatic rings. The van der Waals surface area contributed by atoms with Crippen LogP contribution in [0.1, 0.15) is 15.2 Å². The zero-order valence-corrected chi connectivity index (χ0v) is 10.4. The fraction of sp³-hybridized carbons (Fsp3) is 0.250. The van der Waals surface area contributed by atoms with Crippen molar-refractivity contribution in [2.45, 2.75) is 12.5 Å². The van der Waals surface area contributed by atoms with Crippen molar-refractivity contribution in [3.8, 4) is 0 Å². The fourth-order valence-corrected chi connectivity index (χ4v) is 2.00. The number of benzene rings is 1. The van der Waals surface area contributed by atoms with E-state index in [0.29, 0.717) is 11.3 Å². The lowest BCUT2D eigenvalue weighted by atomic mass is 10.1. The second kappa shape index (κ2) is 6.23. The maximum absolute atomic E-state index is 11.8. The summed E-state index contributed by atoms with van der Waals surface area (Å²) in [5.41, 5.74) is 1.07. The highest BCUT2D eigenvalue weighted by Gasteiger charge is 2.15. The number of aliphatic hydroxyl groups is 1. The topological polar surface area (TPSA) is 75.1 Å². The number of hydrogen-bond acceptors (Lipinski definition) is 5. The zero-order chi connectivity index (χ0) is 12.8. The van der Waals surface area contributed by atoms with Crippen molar-refractivity contribution in [2.75, 3.05) is 6.61 Å². The van der Waals surface area contributed by atoms with E-state index >= 15 is 0 Å². The lowest BCUT2D eigenvalue weighted by Gasteiger charge is -2.15. The molecule has 1 atom stereocenters. The van der Waals surface area contributed by atoms with Crippen LogP contribution in [0.5, 0.6) is 0 Å². The van der Waals surface area contributed by atoms with E-state index in [1.54, 1.807) is 0 Å². The van der Waals surface area contributed by atoms with E-state index in [1.807, 2.05) is 30.3 Å². The molecule has 0 saturated heterocycles. The molecule has 1 heterocycles. The van der Waals surface area contributed by atoms with Gasteiger partial charge in [0, 0.05) is 0 Å². The number of aliphatic hydroxyl groups excluding tert-OH is 1. The molecule has 0 spiro atoms. The Morgan fingerprint density at radius 1 is 1.39 bits per heavy atom. The van der Waals surface area contributed by atoms with Gasteiger partial charge in [-0.1, -0.05) is 34.8 Å². The van der Waals surface area contributed by atoms with Gasteiger partial charge in [-0.2, -0.15) is 0 Å². The monoisotopic (exact) mass is 263 g/mol. The van der Waals surface area contributed by atoms with Crippen molar-refractivity contribution in [3.05, 3.63) is 47.0 Å². The minimum absolute atomic E-state index is 0.104. The minimum Gasteiger partial charge on any atom is -0.394 e. The highest BCUT2D eigenvalue weighted by atomic mass is 32.1. The summed E-state index contributed by atoms with van der Waals surface area (Å²) in [6.45, 7) is -0.104. The maximum Gasteiger partial charge on any atom is 0.264 e. The van der Waals surface area contributed by atoms with Crippen molar-refractivity contribution in [1.82, 2.24) is 14.9 Å². The summed E-state index contributed by atoms with van der Waals surface area (Å²) in [5.74, 6) is -0.250. The number of amides is 1. The molecule has 0 fully saturated rings. The van der Waals surface area contributed by atoms with Gasteiger partial charge in [0.25, 0.3) is 5.91 Å². The average Bonchev–Trinajstić information content (AvgIpc) is 2.93. The second-order valence-electron chi connectivity index (χ2n) is 3.82. The standard InChI is InChI=1S/C12H13N3O2S/c16-8-10(6-9-4-2-1-3-5-9)14-12(17)11-7-13-15-18-11/h1-5,7,10,16H,6,8H2,(H,14,17). The Balaban J connectivity index is 1.96. The van der Waals surface area contributed by atoms with Crippen LogP contribution in [-0.4, -0.2) is 33.2 Å². The molecule has 5 nitrogen and oxygen atoms in total. The number of carbonyl (C=O) groups is 1. The second-order valence-corrected chi connectivity index (χ2v) is 4.61. The molecule has 0 aliphatic carbocycles. The number of carbonyl (C=O) groups excluding carboxylic acids is 1. The lowest BCUT2D eigenvalue weighted by molar-refractivity contribution is 0.0920. The number of rotatable bonds is 5. The summed E-state index contributed by atoms with van der Waals surface area (Å²) >= 11 is 1.04. The number of hydrogen-bond donors (Lipinski definition) is 2. The molecule has 0 aliphatic heterocycles. The van der Waals surface area contributed by atoms with Crippen LogP contribution in [0.25, 0.3) is 0 Å². The molecule has 0 radical (unpaired) electrons. The third-order valence-corrected chi connectivity index (χ3v) is 3.13. The van der Waals surface area contributed by atoms with Gasteiger partial charge in [0.15, 0.2) is 0 Å². The van der Waals surface area contributed by atoms with E-state index in [9.17, 15) is 9.90 Å². The summed E-state index contributed by atoms with van der Waals surface area (Å²) in [6.07, 6.45) is 2.01. The van der Waals surface area contributed by atoms with E-state index in [1.165, 1.54) is 6.20 Å². The SMILES string of the molecule is O=C(NC(CO)Cc1ccccc1)c1cnns1. The first-order valence-corrected chi connectivity index (χ1v) is 6.30. The molecule has 18 heavy (non-hydrogen) atoms. The highest BCUT2D eigenvalue weighted by Crippen LogP contribution is 2.06. The molecule has 1 amide bonds. The summed E-state index contributed by atoms with van der Waals surface area (Å²) in [7, 11) is 0. The number of aromatic nitrogens is 2. The first kappa shape index (κ1) is 12.7. The van der Waals surface area contributed by atoms with Crippen LogP contribution in [0.15, 0.2) is 36.5 Å².